The second-order valence-electron chi connectivity index (χ2n) is 4.71. The average molecular weight is 249 g/mol. The SMILES string of the molecule is Nc1ncnc2nc([C@@H]3C[C@H](CO)[C@@H]3CO)[nH]c12. The van der Waals surface area contributed by atoms with Gasteiger partial charge in [-0.3, -0.25) is 0 Å². The average Bonchev–Trinajstić information content (AvgIpc) is 2.74. The molecule has 0 bridgehead atoms. The van der Waals surface area contributed by atoms with Crippen LogP contribution < -0.4 is 5.73 Å². The van der Waals surface area contributed by atoms with Gasteiger partial charge in [0.1, 0.15) is 17.7 Å². The van der Waals surface area contributed by atoms with Crippen LogP contribution in [0.2, 0.25) is 0 Å². The molecule has 7 heteroatoms. The summed E-state index contributed by atoms with van der Waals surface area (Å²) in [5.41, 5.74) is 6.92. The Kier molecular flexibility index (Phi) is 2.64. The first-order valence-electron chi connectivity index (χ1n) is 5.92. The highest BCUT2D eigenvalue weighted by Gasteiger charge is 2.42. The molecule has 0 saturated heterocycles. The fourth-order valence-electron chi connectivity index (χ4n) is 2.65. The molecule has 7 nitrogen and oxygen atoms in total. The molecule has 1 aliphatic rings. The third-order valence-corrected chi connectivity index (χ3v) is 3.81. The molecule has 5 N–H and O–H groups in total. The maximum absolute atomic E-state index is 9.34. The van der Waals surface area contributed by atoms with Gasteiger partial charge in [-0.05, 0) is 18.3 Å². The van der Waals surface area contributed by atoms with E-state index < -0.39 is 0 Å². The molecule has 2 aromatic heterocycles. The zero-order chi connectivity index (χ0) is 12.7. The Balaban J connectivity index is 1.94. The Bertz CT molecular complexity index is 570. The number of hydrogen-bond donors (Lipinski definition) is 4. The molecule has 0 aliphatic heterocycles. The van der Waals surface area contributed by atoms with E-state index in [1.54, 1.807) is 0 Å². The lowest BCUT2D eigenvalue weighted by Crippen LogP contribution is -2.40. The van der Waals surface area contributed by atoms with Gasteiger partial charge in [-0.25, -0.2) is 15.0 Å². The van der Waals surface area contributed by atoms with E-state index in [1.807, 2.05) is 0 Å². The first-order valence-corrected chi connectivity index (χ1v) is 5.92. The maximum atomic E-state index is 9.34. The second-order valence-corrected chi connectivity index (χ2v) is 4.71. The number of nitrogen functional groups attached to an aromatic ring is 1. The number of rotatable bonds is 3. The summed E-state index contributed by atoms with van der Waals surface area (Å²) < 4.78 is 0. The summed E-state index contributed by atoms with van der Waals surface area (Å²) in [6.45, 7) is 0.151. The van der Waals surface area contributed by atoms with E-state index >= 15 is 0 Å². The Morgan fingerprint density at radius 1 is 1.33 bits per heavy atom. The summed E-state index contributed by atoms with van der Waals surface area (Å²) in [4.78, 5) is 15.5. The molecule has 3 atom stereocenters. The molecule has 96 valence electrons. The van der Waals surface area contributed by atoms with Crippen LogP contribution in [0.1, 0.15) is 18.2 Å². The zero-order valence-corrected chi connectivity index (χ0v) is 9.74. The van der Waals surface area contributed by atoms with Crippen molar-refractivity contribution in [1.29, 1.82) is 0 Å². The van der Waals surface area contributed by atoms with Gasteiger partial charge in [0.05, 0.1) is 0 Å². The van der Waals surface area contributed by atoms with Crippen molar-refractivity contribution >= 4 is 17.0 Å². The molecule has 0 radical (unpaired) electrons. The number of aliphatic hydroxyl groups excluding tert-OH is 2. The molecule has 1 fully saturated rings. The van der Waals surface area contributed by atoms with Crippen molar-refractivity contribution < 1.29 is 10.2 Å². The third kappa shape index (κ3) is 1.55. The van der Waals surface area contributed by atoms with Crippen molar-refractivity contribution in [1.82, 2.24) is 19.9 Å². The smallest absolute Gasteiger partial charge is 0.183 e. The van der Waals surface area contributed by atoms with Crippen LogP contribution in [-0.2, 0) is 0 Å². The lowest BCUT2D eigenvalue weighted by Gasteiger charge is -2.41. The zero-order valence-electron chi connectivity index (χ0n) is 9.74. The predicted octanol–water partition coefficient (Wildman–Crippen LogP) is -0.361. The number of nitrogens with zero attached hydrogens (tertiary/aromatic N) is 3. The van der Waals surface area contributed by atoms with E-state index in [9.17, 15) is 5.11 Å². The van der Waals surface area contributed by atoms with Crippen LogP contribution in [0.4, 0.5) is 5.82 Å². The summed E-state index contributed by atoms with van der Waals surface area (Å²) in [6.07, 6.45) is 2.19. The van der Waals surface area contributed by atoms with Gasteiger partial charge in [0.2, 0.25) is 0 Å². The minimum absolute atomic E-state index is 0.0461. The molecule has 1 saturated carbocycles. The predicted molar refractivity (Wildman–Crippen MR) is 64.6 cm³/mol. The van der Waals surface area contributed by atoms with Crippen LogP contribution in [0, 0.1) is 11.8 Å². The number of hydrogen-bond acceptors (Lipinski definition) is 6. The highest BCUT2D eigenvalue weighted by molar-refractivity contribution is 5.81. The number of fused-ring (bicyclic) bond motifs is 1. The van der Waals surface area contributed by atoms with Gasteiger partial charge in [-0.2, -0.15) is 0 Å². The maximum Gasteiger partial charge on any atom is 0.183 e. The highest BCUT2D eigenvalue weighted by atomic mass is 16.3. The van der Waals surface area contributed by atoms with Crippen LogP contribution in [0.3, 0.4) is 0 Å². The quantitative estimate of drug-likeness (QED) is 0.589. The topological polar surface area (TPSA) is 121 Å². The van der Waals surface area contributed by atoms with Crippen molar-refractivity contribution in [3.05, 3.63) is 12.2 Å². The van der Waals surface area contributed by atoms with E-state index in [-0.39, 0.29) is 31.0 Å². The van der Waals surface area contributed by atoms with E-state index in [2.05, 4.69) is 19.9 Å². The minimum atomic E-state index is 0.0461. The molecule has 1 aliphatic carbocycles. The third-order valence-electron chi connectivity index (χ3n) is 3.81. The minimum Gasteiger partial charge on any atom is -0.396 e. The fourth-order valence-corrected chi connectivity index (χ4v) is 2.65. The number of imidazole rings is 1. The molecule has 0 spiro atoms. The van der Waals surface area contributed by atoms with Gasteiger partial charge in [0.25, 0.3) is 0 Å². The number of aliphatic hydroxyl groups is 2. The number of aromatic amines is 1. The highest BCUT2D eigenvalue weighted by Crippen LogP contribution is 2.46. The molecule has 0 unspecified atom stereocenters. The number of nitrogens with two attached hydrogens (primary N) is 1. The molecule has 2 aromatic rings. The Labute approximate surface area is 103 Å². The molecular formula is C11H15N5O2. The lowest BCUT2D eigenvalue weighted by molar-refractivity contribution is 0.0193. The van der Waals surface area contributed by atoms with Crippen molar-refractivity contribution in [2.24, 2.45) is 11.8 Å². The summed E-state index contributed by atoms with van der Waals surface area (Å²) in [5.74, 6) is 1.46. The van der Waals surface area contributed by atoms with Crippen molar-refractivity contribution in [2.75, 3.05) is 18.9 Å². The molecule has 2 heterocycles. The second kappa shape index (κ2) is 4.18. The van der Waals surface area contributed by atoms with Gasteiger partial charge in [-0.1, -0.05) is 0 Å². The van der Waals surface area contributed by atoms with Gasteiger partial charge >= 0.3 is 0 Å². The largest absolute Gasteiger partial charge is 0.396 e. The van der Waals surface area contributed by atoms with Crippen molar-refractivity contribution in [3.8, 4) is 0 Å². The first kappa shape index (κ1) is 11.4. The van der Waals surface area contributed by atoms with Crippen molar-refractivity contribution in [2.45, 2.75) is 12.3 Å². The molecule has 18 heavy (non-hydrogen) atoms. The van der Waals surface area contributed by atoms with E-state index in [0.29, 0.717) is 17.0 Å². The normalized spacial score (nSPS) is 27.3. The summed E-state index contributed by atoms with van der Waals surface area (Å²) >= 11 is 0. The fraction of sp³-hybridized carbons (Fsp3) is 0.545. The van der Waals surface area contributed by atoms with Crippen molar-refractivity contribution in [3.63, 3.8) is 0 Å². The van der Waals surface area contributed by atoms with E-state index in [0.717, 1.165) is 12.2 Å². The summed E-state index contributed by atoms with van der Waals surface area (Å²) in [5, 5.41) is 18.5. The molecule has 0 amide bonds. The van der Waals surface area contributed by atoms with Crippen LogP contribution in [-0.4, -0.2) is 43.4 Å². The van der Waals surface area contributed by atoms with Crippen LogP contribution >= 0.6 is 0 Å². The number of nitrogens with one attached hydrogen (secondary N) is 1. The van der Waals surface area contributed by atoms with Gasteiger partial charge in [0, 0.05) is 19.1 Å². The number of H-pyrrole nitrogens is 1. The standard InChI is InChI=1S/C11H15N5O2/c12-9-8-11(14-4-13-9)16-10(15-8)6-1-5(2-17)7(6)3-18/h4-7,17-18H,1-3H2,(H3,12,13,14,15,16)/t5-,6-,7+/m1/s1. The Morgan fingerprint density at radius 2 is 2.17 bits per heavy atom. The van der Waals surface area contributed by atoms with Gasteiger partial charge < -0.3 is 20.9 Å². The summed E-state index contributed by atoms with van der Waals surface area (Å²) in [7, 11) is 0. The van der Waals surface area contributed by atoms with Gasteiger partial charge in [-0.15, -0.1) is 0 Å². The van der Waals surface area contributed by atoms with E-state index in [4.69, 9.17) is 10.8 Å². The first-order chi connectivity index (χ1) is 8.74. The monoisotopic (exact) mass is 249 g/mol. The number of aromatic nitrogens is 4. The molecule has 3 rings (SSSR count). The molecular weight excluding hydrogens is 234 g/mol. The summed E-state index contributed by atoms with van der Waals surface area (Å²) in [6, 6.07) is 0. The molecule has 0 aromatic carbocycles. The Morgan fingerprint density at radius 3 is 2.83 bits per heavy atom. The van der Waals surface area contributed by atoms with Crippen LogP contribution in [0.5, 0.6) is 0 Å². The van der Waals surface area contributed by atoms with Gasteiger partial charge in [0.15, 0.2) is 11.5 Å². The van der Waals surface area contributed by atoms with E-state index in [1.165, 1.54) is 6.33 Å². The Hall–Kier alpha value is -1.73. The van der Waals surface area contributed by atoms with Crippen LogP contribution in [0.25, 0.3) is 11.2 Å². The number of anilines is 1. The van der Waals surface area contributed by atoms with Crippen LogP contribution in [0.15, 0.2) is 6.33 Å². The lowest BCUT2D eigenvalue weighted by atomic mass is 9.65.